The molecule has 0 aromatic carbocycles. The molecule has 2 unspecified atom stereocenters. The Morgan fingerprint density at radius 2 is 1.84 bits per heavy atom. The number of rotatable bonds is 8. The number of imide groups is 1. The lowest BCUT2D eigenvalue weighted by molar-refractivity contribution is -0.139. The van der Waals surface area contributed by atoms with Crippen molar-refractivity contribution in [1.29, 1.82) is 0 Å². The van der Waals surface area contributed by atoms with Crippen LogP contribution in [0.4, 0.5) is 0 Å². The summed E-state index contributed by atoms with van der Waals surface area (Å²) in [5.41, 5.74) is 0. The molecule has 1 aliphatic heterocycles. The predicted octanol–water partition coefficient (Wildman–Crippen LogP) is 0.708. The highest BCUT2D eigenvalue weighted by Crippen LogP contribution is 2.25. The number of hydrogen-bond acceptors (Lipinski definition) is 6. The molecule has 1 saturated heterocycles. The highest BCUT2D eigenvalue weighted by atomic mass is 32.2. The van der Waals surface area contributed by atoms with E-state index in [9.17, 15) is 19.2 Å². The van der Waals surface area contributed by atoms with E-state index in [0.29, 0.717) is 0 Å². The van der Waals surface area contributed by atoms with Crippen LogP contribution in [0, 0.1) is 0 Å². The number of likely N-dealkylation sites (tertiary alicyclic amines) is 1. The number of carboxylic acid groups (broad SMARTS) is 1. The summed E-state index contributed by atoms with van der Waals surface area (Å²) in [5, 5.41) is 13.5. The Hall–Kier alpha value is -1.61. The van der Waals surface area contributed by atoms with Crippen molar-refractivity contribution in [2.24, 2.45) is 0 Å². The van der Waals surface area contributed by atoms with Gasteiger partial charge in [-0.15, -0.1) is 11.8 Å². The first-order chi connectivity index (χ1) is 11.9. The normalized spacial score (nSPS) is 17.0. The van der Waals surface area contributed by atoms with Gasteiger partial charge in [0.25, 0.3) is 0 Å². The molecule has 1 fully saturated rings. The molecule has 25 heavy (non-hydrogen) atoms. The highest BCUT2D eigenvalue weighted by molar-refractivity contribution is 8.00. The molecule has 1 aliphatic rings. The van der Waals surface area contributed by atoms with E-state index in [1.54, 1.807) is 0 Å². The van der Waals surface area contributed by atoms with Gasteiger partial charge in [-0.25, -0.2) is 0 Å². The summed E-state index contributed by atoms with van der Waals surface area (Å²) in [6.07, 6.45) is 0.0691. The quantitative estimate of drug-likeness (QED) is 0.533. The summed E-state index contributed by atoms with van der Waals surface area (Å²) in [7, 11) is 1.53. The molecular weight excluding hydrogens is 346 g/mol. The zero-order chi connectivity index (χ0) is 20.0. The molecule has 0 aliphatic carbocycles. The summed E-state index contributed by atoms with van der Waals surface area (Å²) in [6, 6.07) is -0.758. The Balaban J connectivity index is 0. The minimum Gasteiger partial charge on any atom is -0.480 e. The average molecular weight is 378 g/mol. The van der Waals surface area contributed by atoms with Crippen molar-refractivity contribution in [3.8, 4) is 0 Å². The summed E-state index contributed by atoms with van der Waals surface area (Å²) >= 11 is 1.16. The van der Waals surface area contributed by atoms with E-state index in [-0.39, 0.29) is 43.0 Å². The van der Waals surface area contributed by atoms with E-state index in [1.807, 2.05) is 27.7 Å². The molecule has 146 valence electrons. The van der Waals surface area contributed by atoms with Gasteiger partial charge >= 0.3 is 5.97 Å². The largest absolute Gasteiger partial charge is 0.480 e. The fourth-order valence-corrected chi connectivity index (χ4v) is 3.12. The monoisotopic (exact) mass is 377 g/mol. The number of amides is 3. The Bertz CT molecular complexity index is 445. The van der Waals surface area contributed by atoms with Crippen LogP contribution in [0.3, 0.4) is 0 Å². The van der Waals surface area contributed by atoms with Crippen LogP contribution in [0.5, 0.6) is 0 Å². The van der Waals surface area contributed by atoms with Gasteiger partial charge in [0.1, 0.15) is 6.04 Å². The number of carbonyl (C=O) groups excluding carboxylic acids is 3. The maximum atomic E-state index is 12.1. The SMILES string of the molecule is CC.CC.CNC(CSC1CC(=O)N(CCNC(C)=O)C1=O)C(=O)O. The van der Waals surface area contributed by atoms with Crippen molar-refractivity contribution < 1.29 is 24.3 Å². The maximum absolute atomic E-state index is 12.1. The number of nitrogens with one attached hydrogen (secondary N) is 2. The molecule has 0 saturated carbocycles. The van der Waals surface area contributed by atoms with E-state index in [0.717, 1.165) is 16.7 Å². The van der Waals surface area contributed by atoms with Crippen LogP contribution in [-0.4, -0.2) is 70.9 Å². The molecule has 9 heteroatoms. The van der Waals surface area contributed by atoms with Crippen LogP contribution >= 0.6 is 11.8 Å². The Morgan fingerprint density at radius 3 is 2.28 bits per heavy atom. The molecule has 3 N–H and O–H groups in total. The van der Waals surface area contributed by atoms with Gasteiger partial charge in [-0.05, 0) is 7.05 Å². The molecule has 1 heterocycles. The number of likely N-dealkylation sites (N-methyl/N-ethyl adjacent to an activating group) is 1. The van der Waals surface area contributed by atoms with Gasteiger partial charge in [0.05, 0.1) is 5.25 Å². The van der Waals surface area contributed by atoms with E-state index in [1.165, 1.54) is 14.0 Å². The molecule has 3 amide bonds. The van der Waals surface area contributed by atoms with Crippen molar-refractivity contribution >= 4 is 35.5 Å². The van der Waals surface area contributed by atoms with Gasteiger partial charge < -0.3 is 15.7 Å². The van der Waals surface area contributed by atoms with Gasteiger partial charge in [0.2, 0.25) is 17.7 Å². The lowest BCUT2D eigenvalue weighted by Crippen LogP contribution is -2.39. The van der Waals surface area contributed by atoms with Crippen LogP contribution < -0.4 is 10.6 Å². The van der Waals surface area contributed by atoms with Gasteiger partial charge in [0.15, 0.2) is 0 Å². The zero-order valence-electron chi connectivity index (χ0n) is 15.9. The van der Waals surface area contributed by atoms with E-state index in [2.05, 4.69) is 10.6 Å². The second-order valence-corrected chi connectivity index (χ2v) is 5.81. The van der Waals surface area contributed by atoms with Crippen molar-refractivity contribution in [2.45, 2.75) is 52.3 Å². The molecule has 2 atom stereocenters. The second kappa shape index (κ2) is 14.7. The fraction of sp³-hybridized carbons (Fsp3) is 0.750. The highest BCUT2D eigenvalue weighted by Gasteiger charge is 2.39. The van der Waals surface area contributed by atoms with Gasteiger partial charge in [-0.3, -0.25) is 24.1 Å². The van der Waals surface area contributed by atoms with Gasteiger partial charge in [-0.2, -0.15) is 0 Å². The van der Waals surface area contributed by atoms with Gasteiger partial charge in [-0.1, -0.05) is 27.7 Å². The molecule has 0 spiro atoms. The minimum atomic E-state index is -0.996. The van der Waals surface area contributed by atoms with Crippen molar-refractivity contribution in [2.75, 3.05) is 25.9 Å². The number of carboxylic acids is 1. The molecular formula is C16H31N3O5S. The minimum absolute atomic E-state index is 0.0691. The number of aliphatic carboxylic acids is 1. The first kappa shape index (κ1) is 25.6. The summed E-state index contributed by atoms with van der Waals surface area (Å²) in [5.74, 6) is -1.63. The van der Waals surface area contributed by atoms with E-state index < -0.39 is 17.3 Å². The van der Waals surface area contributed by atoms with Gasteiger partial charge in [0, 0.05) is 32.2 Å². The third-order valence-electron chi connectivity index (χ3n) is 3.02. The molecule has 0 bridgehead atoms. The number of thioether (sulfide) groups is 1. The molecule has 1 rings (SSSR count). The molecule has 0 radical (unpaired) electrons. The van der Waals surface area contributed by atoms with Crippen LogP contribution in [0.25, 0.3) is 0 Å². The smallest absolute Gasteiger partial charge is 0.321 e. The fourth-order valence-electron chi connectivity index (χ4n) is 1.85. The van der Waals surface area contributed by atoms with Crippen LogP contribution in [0.15, 0.2) is 0 Å². The lowest BCUT2D eigenvalue weighted by Gasteiger charge is -2.16. The summed E-state index contributed by atoms with van der Waals surface area (Å²) in [6.45, 7) is 9.72. The van der Waals surface area contributed by atoms with Crippen molar-refractivity contribution in [3.63, 3.8) is 0 Å². The Kier molecular flexibility index (Phi) is 15.1. The third-order valence-corrected chi connectivity index (χ3v) is 4.32. The molecule has 0 aromatic rings. The first-order valence-electron chi connectivity index (χ1n) is 8.47. The lowest BCUT2D eigenvalue weighted by atomic mass is 10.3. The van der Waals surface area contributed by atoms with Crippen molar-refractivity contribution in [1.82, 2.24) is 15.5 Å². The van der Waals surface area contributed by atoms with E-state index >= 15 is 0 Å². The second-order valence-electron chi connectivity index (χ2n) is 4.57. The van der Waals surface area contributed by atoms with Crippen LogP contribution in [-0.2, 0) is 19.2 Å². The summed E-state index contributed by atoms with van der Waals surface area (Å²) < 4.78 is 0. The number of carbonyl (C=O) groups is 4. The third kappa shape index (κ3) is 9.45. The molecule has 8 nitrogen and oxygen atoms in total. The Labute approximate surface area is 154 Å². The van der Waals surface area contributed by atoms with Crippen LogP contribution in [0.1, 0.15) is 41.0 Å². The van der Waals surface area contributed by atoms with Crippen LogP contribution in [0.2, 0.25) is 0 Å². The first-order valence-corrected chi connectivity index (χ1v) is 9.52. The zero-order valence-corrected chi connectivity index (χ0v) is 16.7. The average Bonchev–Trinajstić information content (AvgIpc) is 2.86. The van der Waals surface area contributed by atoms with Crippen molar-refractivity contribution in [3.05, 3.63) is 0 Å². The standard InChI is InChI=1S/C12H19N3O5S.2C2H6/c1-7(16)14-3-4-15-10(17)5-9(11(15)18)21-6-8(13-2)12(19)20;2*1-2/h8-9,13H,3-6H2,1-2H3,(H,14,16)(H,19,20);2*1-2H3. The summed E-state index contributed by atoms with van der Waals surface area (Å²) in [4.78, 5) is 46.6. The predicted molar refractivity (Wildman–Crippen MR) is 99.4 cm³/mol. The van der Waals surface area contributed by atoms with E-state index in [4.69, 9.17) is 5.11 Å². The molecule has 0 aromatic heterocycles. The Morgan fingerprint density at radius 1 is 1.28 bits per heavy atom. The number of nitrogens with zero attached hydrogens (tertiary/aromatic N) is 1. The topological polar surface area (TPSA) is 116 Å². The maximum Gasteiger partial charge on any atom is 0.321 e. The number of hydrogen-bond donors (Lipinski definition) is 3.